The predicted molar refractivity (Wildman–Crippen MR) is 149 cm³/mol. The van der Waals surface area contributed by atoms with E-state index in [9.17, 15) is 22.4 Å². The number of methoxy groups -OCH3 is 1. The van der Waals surface area contributed by atoms with E-state index in [-0.39, 0.29) is 58.9 Å². The zero-order valence-corrected chi connectivity index (χ0v) is 23.3. The number of halogens is 1. The summed E-state index contributed by atoms with van der Waals surface area (Å²) in [5.74, 6) is -0.332. The summed E-state index contributed by atoms with van der Waals surface area (Å²) in [5, 5.41) is 2.86. The Bertz CT molecular complexity index is 1570. The van der Waals surface area contributed by atoms with Crippen LogP contribution < -0.4 is 19.5 Å². The molecule has 2 aliphatic rings. The highest BCUT2D eigenvalue weighted by molar-refractivity contribution is 7.92. The summed E-state index contributed by atoms with van der Waals surface area (Å²) < 4.78 is 58.9. The van der Waals surface area contributed by atoms with E-state index in [1.54, 1.807) is 43.3 Å². The molecule has 10 nitrogen and oxygen atoms in total. The van der Waals surface area contributed by atoms with E-state index in [1.807, 2.05) is 0 Å². The summed E-state index contributed by atoms with van der Waals surface area (Å²) >= 11 is 0. The lowest BCUT2D eigenvalue weighted by Crippen LogP contribution is -2.53. The van der Waals surface area contributed by atoms with Crippen molar-refractivity contribution in [3.63, 3.8) is 0 Å². The molecule has 0 spiro atoms. The number of sulfonamides is 1. The molecule has 1 saturated heterocycles. The number of anilines is 2. The van der Waals surface area contributed by atoms with Crippen molar-refractivity contribution in [2.75, 3.05) is 30.8 Å². The fraction of sp³-hybridized carbons (Fsp3) is 0.310. The third-order valence-corrected chi connectivity index (χ3v) is 8.52. The van der Waals surface area contributed by atoms with Crippen molar-refractivity contribution in [2.24, 2.45) is 0 Å². The van der Waals surface area contributed by atoms with Crippen LogP contribution in [-0.2, 0) is 19.6 Å². The van der Waals surface area contributed by atoms with Crippen molar-refractivity contribution in [2.45, 2.75) is 42.4 Å². The van der Waals surface area contributed by atoms with Crippen LogP contribution in [0.15, 0.2) is 71.6 Å². The normalized spacial score (nSPS) is 20.5. The molecule has 2 aliphatic heterocycles. The molecule has 41 heavy (non-hydrogen) atoms. The third kappa shape index (κ3) is 6.44. The van der Waals surface area contributed by atoms with Crippen LogP contribution >= 0.6 is 0 Å². The van der Waals surface area contributed by atoms with Crippen LogP contribution in [0.1, 0.15) is 29.6 Å². The maximum absolute atomic E-state index is 13.6. The van der Waals surface area contributed by atoms with E-state index in [0.29, 0.717) is 24.3 Å². The minimum atomic E-state index is -4.08. The standard InChI is InChI=1S/C29H30FN3O7S/c1-33-25-11-10-22(16-28(34)31-19-6-4-7-21(14-19)38-2)40-27(25)17-39-26-12-9-20(15-24(26)29(33)35)32-41(36,37)23-8-3-5-18(30)13-23/h3-9,12-15,22,25,27,32H,10-11,16-17H2,1-2H3,(H,31,34)/t22-,25-,27+/m1/s1. The molecule has 5 rings (SSSR count). The number of amides is 2. The van der Waals surface area contributed by atoms with Crippen LogP contribution in [0.25, 0.3) is 0 Å². The first-order valence-corrected chi connectivity index (χ1v) is 14.5. The third-order valence-electron chi connectivity index (χ3n) is 7.14. The van der Waals surface area contributed by atoms with E-state index in [1.165, 1.54) is 30.3 Å². The van der Waals surface area contributed by atoms with Gasteiger partial charge in [-0.2, -0.15) is 0 Å². The van der Waals surface area contributed by atoms with Gasteiger partial charge >= 0.3 is 0 Å². The summed E-state index contributed by atoms with van der Waals surface area (Å²) in [6.45, 7) is 0.137. The number of nitrogens with one attached hydrogen (secondary N) is 2. The van der Waals surface area contributed by atoms with Gasteiger partial charge in [0, 0.05) is 24.5 Å². The SMILES string of the molecule is COc1cccc(NC(=O)C[C@H]2CC[C@@H]3[C@H](COc4ccc(NS(=O)(=O)c5cccc(F)c5)cc4C(=O)N3C)O2)c1. The number of ether oxygens (including phenoxy) is 3. The molecule has 0 aromatic heterocycles. The molecule has 2 heterocycles. The Kier molecular flexibility index (Phi) is 8.13. The second-order valence-corrected chi connectivity index (χ2v) is 11.6. The lowest BCUT2D eigenvalue weighted by molar-refractivity contribution is -0.130. The van der Waals surface area contributed by atoms with Crippen molar-refractivity contribution in [1.29, 1.82) is 0 Å². The van der Waals surface area contributed by atoms with Gasteiger partial charge in [-0.15, -0.1) is 0 Å². The summed E-state index contributed by atoms with van der Waals surface area (Å²) in [7, 11) is -0.863. The lowest BCUT2D eigenvalue weighted by atomic mass is 9.94. The molecule has 216 valence electrons. The second-order valence-electron chi connectivity index (χ2n) is 9.93. The summed E-state index contributed by atoms with van der Waals surface area (Å²) in [6.07, 6.45) is 0.474. The van der Waals surface area contributed by atoms with Crippen molar-refractivity contribution in [3.8, 4) is 11.5 Å². The van der Waals surface area contributed by atoms with Crippen LogP contribution in [-0.4, -0.2) is 64.1 Å². The minimum Gasteiger partial charge on any atom is -0.497 e. The average Bonchev–Trinajstić information content (AvgIpc) is 2.95. The number of likely N-dealkylation sites (N-methyl/N-ethyl adjacent to an activating group) is 1. The molecule has 0 unspecified atom stereocenters. The molecule has 3 atom stereocenters. The Morgan fingerprint density at radius 2 is 1.88 bits per heavy atom. The van der Waals surface area contributed by atoms with E-state index < -0.39 is 21.9 Å². The molecule has 0 radical (unpaired) electrons. The molecule has 0 aliphatic carbocycles. The van der Waals surface area contributed by atoms with Gasteiger partial charge in [-0.3, -0.25) is 14.3 Å². The van der Waals surface area contributed by atoms with Crippen LogP contribution in [0.4, 0.5) is 15.8 Å². The van der Waals surface area contributed by atoms with Crippen molar-refractivity contribution in [1.82, 2.24) is 4.90 Å². The largest absolute Gasteiger partial charge is 0.497 e. The van der Waals surface area contributed by atoms with Gasteiger partial charge in [0.25, 0.3) is 15.9 Å². The topological polar surface area (TPSA) is 123 Å². The predicted octanol–water partition coefficient (Wildman–Crippen LogP) is 4.04. The molecular formula is C29H30FN3O7S. The number of hydrogen-bond acceptors (Lipinski definition) is 7. The van der Waals surface area contributed by atoms with E-state index in [4.69, 9.17) is 14.2 Å². The fourth-order valence-corrected chi connectivity index (χ4v) is 6.14. The number of rotatable bonds is 7. The highest BCUT2D eigenvalue weighted by Gasteiger charge is 2.39. The monoisotopic (exact) mass is 583 g/mol. The Morgan fingerprint density at radius 1 is 1.07 bits per heavy atom. The van der Waals surface area contributed by atoms with Gasteiger partial charge in [-0.05, 0) is 61.4 Å². The quantitative estimate of drug-likeness (QED) is 0.430. The maximum Gasteiger partial charge on any atom is 0.261 e. The first kappa shape index (κ1) is 28.4. The molecule has 2 amide bonds. The fourth-order valence-electron chi connectivity index (χ4n) is 5.06. The van der Waals surface area contributed by atoms with Crippen molar-refractivity contribution < 1.29 is 36.6 Å². The maximum atomic E-state index is 13.6. The highest BCUT2D eigenvalue weighted by atomic mass is 32.2. The summed E-state index contributed by atoms with van der Waals surface area (Å²) in [4.78, 5) is 27.5. The first-order valence-electron chi connectivity index (χ1n) is 13.0. The number of benzene rings is 3. The Hall–Kier alpha value is -4.16. The Balaban J connectivity index is 1.26. The lowest BCUT2D eigenvalue weighted by Gasteiger charge is -2.42. The average molecular weight is 584 g/mol. The van der Waals surface area contributed by atoms with Crippen LogP contribution in [0.3, 0.4) is 0 Å². The van der Waals surface area contributed by atoms with E-state index in [0.717, 1.165) is 12.1 Å². The van der Waals surface area contributed by atoms with Gasteiger partial charge < -0.3 is 24.4 Å². The Morgan fingerprint density at radius 3 is 2.66 bits per heavy atom. The minimum absolute atomic E-state index is 0.137. The summed E-state index contributed by atoms with van der Waals surface area (Å²) in [6, 6.07) is 15.8. The number of nitrogens with zero attached hydrogens (tertiary/aromatic N) is 1. The van der Waals surface area contributed by atoms with Gasteiger partial charge in [0.1, 0.15) is 30.0 Å². The van der Waals surface area contributed by atoms with Crippen molar-refractivity contribution >= 4 is 33.2 Å². The van der Waals surface area contributed by atoms with Gasteiger partial charge in [0.2, 0.25) is 5.91 Å². The highest BCUT2D eigenvalue weighted by Crippen LogP contribution is 2.33. The van der Waals surface area contributed by atoms with E-state index in [2.05, 4.69) is 10.0 Å². The number of carbonyl (C=O) groups excluding carboxylic acids is 2. The van der Waals surface area contributed by atoms with Gasteiger partial charge in [-0.25, -0.2) is 12.8 Å². The van der Waals surface area contributed by atoms with Crippen LogP contribution in [0.2, 0.25) is 0 Å². The van der Waals surface area contributed by atoms with Crippen molar-refractivity contribution in [3.05, 3.63) is 78.1 Å². The first-order chi connectivity index (χ1) is 19.6. The smallest absolute Gasteiger partial charge is 0.261 e. The number of carbonyl (C=O) groups is 2. The molecular weight excluding hydrogens is 553 g/mol. The van der Waals surface area contributed by atoms with Crippen LogP contribution in [0.5, 0.6) is 11.5 Å². The molecule has 2 N–H and O–H groups in total. The molecule has 1 fully saturated rings. The zero-order chi connectivity index (χ0) is 29.1. The van der Waals surface area contributed by atoms with Crippen LogP contribution in [0, 0.1) is 5.82 Å². The van der Waals surface area contributed by atoms with Gasteiger partial charge in [0.05, 0.1) is 36.1 Å². The summed E-state index contributed by atoms with van der Waals surface area (Å²) in [5.41, 5.74) is 0.944. The zero-order valence-electron chi connectivity index (χ0n) is 22.5. The number of fused-ring (bicyclic) bond motifs is 2. The van der Waals surface area contributed by atoms with E-state index >= 15 is 0 Å². The van der Waals surface area contributed by atoms with Gasteiger partial charge in [-0.1, -0.05) is 12.1 Å². The molecule has 3 aromatic rings. The number of hydrogen-bond donors (Lipinski definition) is 2. The molecule has 12 heteroatoms. The Labute approximate surface area is 237 Å². The molecule has 3 aromatic carbocycles. The van der Waals surface area contributed by atoms with Gasteiger partial charge in [0.15, 0.2) is 0 Å². The molecule has 0 saturated carbocycles. The molecule has 0 bridgehead atoms. The second kappa shape index (κ2) is 11.8.